The second kappa shape index (κ2) is 10.1. The fourth-order valence-corrected chi connectivity index (χ4v) is 5.25. The van der Waals surface area contributed by atoms with E-state index in [1.807, 2.05) is 50.2 Å². The molecule has 8 nitrogen and oxygen atoms in total. The van der Waals surface area contributed by atoms with E-state index in [0.29, 0.717) is 0 Å². The van der Waals surface area contributed by atoms with E-state index in [-0.39, 0.29) is 44.5 Å². The molecule has 2 aromatic rings. The van der Waals surface area contributed by atoms with Gasteiger partial charge in [0, 0.05) is 25.4 Å². The standard InChI is InChI=1S/C29H36N2O6/c1-19(2)16-31(29(25(32)33)14-15-30(18-29)26(34)37-28(3,4)5)27(35)36-17-24-22-12-8-6-10-20(22)21-11-7-9-13-23(21)24/h6-13,19,24H,14-18H2,1-5H3,(H,32,33). The van der Waals surface area contributed by atoms with E-state index in [1.54, 1.807) is 20.8 Å². The molecule has 2 aliphatic rings. The number of likely N-dealkylation sites (tertiary alicyclic amines) is 1. The summed E-state index contributed by atoms with van der Waals surface area (Å²) in [6, 6.07) is 16.1. The van der Waals surface area contributed by atoms with Gasteiger partial charge in [-0.2, -0.15) is 0 Å². The molecule has 37 heavy (non-hydrogen) atoms. The Morgan fingerprint density at radius 2 is 1.62 bits per heavy atom. The molecule has 1 saturated heterocycles. The van der Waals surface area contributed by atoms with Crippen LogP contribution in [0.3, 0.4) is 0 Å². The van der Waals surface area contributed by atoms with Gasteiger partial charge in [0.1, 0.15) is 12.2 Å². The Balaban J connectivity index is 1.56. The molecule has 1 unspecified atom stereocenters. The predicted octanol–water partition coefficient (Wildman–Crippen LogP) is 5.36. The van der Waals surface area contributed by atoms with E-state index < -0.39 is 29.3 Å². The first kappa shape index (κ1) is 26.5. The highest BCUT2D eigenvalue weighted by Crippen LogP contribution is 2.44. The molecule has 1 aliphatic heterocycles. The van der Waals surface area contributed by atoms with E-state index >= 15 is 0 Å². The Morgan fingerprint density at radius 3 is 2.14 bits per heavy atom. The van der Waals surface area contributed by atoms with Crippen LogP contribution in [0.1, 0.15) is 58.1 Å². The van der Waals surface area contributed by atoms with Gasteiger partial charge in [-0.3, -0.25) is 4.90 Å². The van der Waals surface area contributed by atoms with Crippen molar-refractivity contribution in [1.82, 2.24) is 9.80 Å². The summed E-state index contributed by atoms with van der Waals surface area (Å²) in [6.07, 6.45) is -1.19. The normalized spacial score (nSPS) is 18.9. The first-order valence-electron chi connectivity index (χ1n) is 12.8. The van der Waals surface area contributed by atoms with Gasteiger partial charge in [0.25, 0.3) is 0 Å². The van der Waals surface area contributed by atoms with Crippen LogP contribution >= 0.6 is 0 Å². The van der Waals surface area contributed by atoms with Crippen LogP contribution in [0.15, 0.2) is 48.5 Å². The third kappa shape index (κ3) is 5.29. The molecule has 198 valence electrons. The zero-order chi connectivity index (χ0) is 27.0. The maximum absolute atomic E-state index is 13.6. The molecular formula is C29H36N2O6. The smallest absolute Gasteiger partial charge is 0.410 e. The SMILES string of the molecule is CC(C)CN(C(=O)OCC1c2ccccc2-c2ccccc21)C1(C(=O)O)CCN(C(=O)OC(C)(C)C)C1. The Bertz CT molecular complexity index is 1140. The summed E-state index contributed by atoms with van der Waals surface area (Å²) in [4.78, 5) is 41.6. The summed E-state index contributed by atoms with van der Waals surface area (Å²) < 4.78 is 11.3. The Kier molecular flexibility index (Phi) is 7.22. The molecule has 0 bridgehead atoms. The summed E-state index contributed by atoms with van der Waals surface area (Å²) in [6.45, 7) is 9.39. The van der Waals surface area contributed by atoms with E-state index in [9.17, 15) is 19.5 Å². The summed E-state index contributed by atoms with van der Waals surface area (Å²) in [7, 11) is 0. The summed E-state index contributed by atoms with van der Waals surface area (Å²) >= 11 is 0. The number of rotatable bonds is 6. The van der Waals surface area contributed by atoms with Gasteiger partial charge < -0.3 is 19.5 Å². The van der Waals surface area contributed by atoms with Gasteiger partial charge in [0.2, 0.25) is 0 Å². The van der Waals surface area contributed by atoms with Crippen molar-refractivity contribution >= 4 is 18.2 Å². The molecule has 1 atom stereocenters. The van der Waals surface area contributed by atoms with Gasteiger partial charge in [0.15, 0.2) is 5.54 Å². The maximum Gasteiger partial charge on any atom is 0.410 e. The quantitative estimate of drug-likeness (QED) is 0.565. The number of hydrogen-bond donors (Lipinski definition) is 1. The third-order valence-electron chi connectivity index (χ3n) is 6.92. The number of benzene rings is 2. The van der Waals surface area contributed by atoms with E-state index in [2.05, 4.69) is 12.1 Å². The fraction of sp³-hybridized carbons (Fsp3) is 0.483. The van der Waals surface area contributed by atoms with Gasteiger partial charge in [-0.15, -0.1) is 0 Å². The molecule has 0 saturated carbocycles. The number of ether oxygens (including phenoxy) is 2. The van der Waals surface area contributed by atoms with Gasteiger partial charge >= 0.3 is 18.2 Å². The molecule has 1 N–H and O–H groups in total. The largest absolute Gasteiger partial charge is 0.479 e. The predicted molar refractivity (Wildman–Crippen MR) is 139 cm³/mol. The molecule has 2 amide bonds. The van der Waals surface area contributed by atoms with Crippen LogP contribution in [0.25, 0.3) is 11.1 Å². The first-order chi connectivity index (χ1) is 17.4. The van der Waals surface area contributed by atoms with Crippen LogP contribution in [0.4, 0.5) is 9.59 Å². The van der Waals surface area contributed by atoms with E-state index in [0.717, 1.165) is 22.3 Å². The van der Waals surface area contributed by atoms with Crippen molar-refractivity contribution in [2.75, 3.05) is 26.2 Å². The number of carboxylic acid groups (broad SMARTS) is 1. The van der Waals surface area contributed by atoms with Crippen LogP contribution in [0.5, 0.6) is 0 Å². The minimum atomic E-state index is -1.59. The average Bonchev–Trinajstić information content (AvgIpc) is 3.41. The monoisotopic (exact) mass is 508 g/mol. The number of hydrogen-bond acceptors (Lipinski definition) is 5. The molecule has 1 heterocycles. The molecule has 0 aromatic heterocycles. The lowest BCUT2D eigenvalue weighted by atomic mass is 9.95. The molecule has 8 heteroatoms. The minimum absolute atomic E-state index is 0.00714. The highest BCUT2D eigenvalue weighted by atomic mass is 16.6. The van der Waals surface area contributed by atoms with Crippen LogP contribution in [0.2, 0.25) is 0 Å². The zero-order valence-corrected chi connectivity index (χ0v) is 22.2. The van der Waals surface area contributed by atoms with Gasteiger partial charge in [-0.1, -0.05) is 62.4 Å². The summed E-state index contributed by atoms with van der Waals surface area (Å²) in [5.74, 6) is -1.31. The van der Waals surface area contributed by atoms with Crippen molar-refractivity contribution in [1.29, 1.82) is 0 Å². The Morgan fingerprint density at radius 1 is 1.05 bits per heavy atom. The third-order valence-corrected chi connectivity index (χ3v) is 6.92. The molecule has 0 radical (unpaired) electrons. The lowest BCUT2D eigenvalue weighted by Gasteiger charge is -2.38. The molecule has 4 rings (SSSR count). The van der Waals surface area contributed by atoms with Crippen molar-refractivity contribution in [3.8, 4) is 11.1 Å². The highest BCUT2D eigenvalue weighted by molar-refractivity contribution is 5.86. The van der Waals surface area contributed by atoms with E-state index in [4.69, 9.17) is 9.47 Å². The number of aliphatic carboxylic acids is 1. The Hall–Kier alpha value is -3.55. The number of amides is 2. The van der Waals surface area contributed by atoms with Crippen molar-refractivity contribution in [3.63, 3.8) is 0 Å². The number of carbonyl (C=O) groups is 3. The van der Waals surface area contributed by atoms with Gasteiger partial charge in [-0.25, -0.2) is 14.4 Å². The van der Waals surface area contributed by atoms with Crippen LogP contribution in [-0.4, -0.2) is 70.4 Å². The lowest BCUT2D eigenvalue weighted by Crippen LogP contribution is -2.60. The summed E-state index contributed by atoms with van der Waals surface area (Å²) in [5, 5.41) is 10.3. The van der Waals surface area contributed by atoms with Crippen molar-refractivity contribution in [2.45, 2.75) is 58.1 Å². The summed E-state index contributed by atoms with van der Waals surface area (Å²) in [5.41, 5.74) is 2.08. The fourth-order valence-electron chi connectivity index (χ4n) is 5.25. The average molecular weight is 509 g/mol. The molecule has 1 fully saturated rings. The number of carbonyl (C=O) groups excluding carboxylic acids is 2. The second-order valence-corrected chi connectivity index (χ2v) is 11.3. The number of nitrogens with zero attached hydrogens (tertiary/aromatic N) is 2. The van der Waals surface area contributed by atoms with E-state index in [1.165, 1.54) is 9.80 Å². The number of carboxylic acids is 1. The lowest BCUT2D eigenvalue weighted by molar-refractivity contribution is -0.150. The first-order valence-corrected chi connectivity index (χ1v) is 12.8. The van der Waals surface area contributed by atoms with Crippen LogP contribution < -0.4 is 0 Å². The topological polar surface area (TPSA) is 96.4 Å². The maximum atomic E-state index is 13.6. The molecule has 2 aromatic carbocycles. The van der Waals surface area contributed by atoms with Crippen molar-refractivity contribution in [2.24, 2.45) is 5.92 Å². The van der Waals surface area contributed by atoms with Gasteiger partial charge in [0.05, 0.1) is 6.54 Å². The molecule has 0 spiro atoms. The molecule has 1 aliphatic carbocycles. The second-order valence-electron chi connectivity index (χ2n) is 11.3. The van der Waals surface area contributed by atoms with Crippen molar-refractivity contribution in [3.05, 3.63) is 59.7 Å². The van der Waals surface area contributed by atoms with Gasteiger partial charge in [-0.05, 0) is 48.9 Å². The Labute approximate surface area is 218 Å². The van der Waals surface area contributed by atoms with Crippen LogP contribution in [0, 0.1) is 5.92 Å². The number of fused-ring (bicyclic) bond motifs is 3. The van der Waals surface area contributed by atoms with Crippen molar-refractivity contribution < 1.29 is 29.0 Å². The molecular weight excluding hydrogens is 472 g/mol. The minimum Gasteiger partial charge on any atom is -0.479 e. The zero-order valence-electron chi connectivity index (χ0n) is 22.2. The highest BCUT2D eigenvalue weighted by Gasteiger charge is 2.54. The van der Waals surface area contributed by atoms with Crippen LogP contribution in [-0.2, 0) is 14.3 Å².